The van der Waals surface area contributed by atoms with Crippen LogP contribution < -0.4 is 16.0 Å². The van der Waals surface area contributed by atoms with E-state index in [1.54, 1.807) is 36.4 Å². The van der Waals surface area contributed by atoms with Gasteiger partial charge in [0.05, 0.1) is 0 Å². The molecular formula is C22H21N3O2. The Balaban J connectivity index is 1.80. The number of benzene rings is 3. The molecule has 0 aliphatic heterocycles. The third-order valence-corrected chi connectivity index (χ3v) is 4.14. The normalized spacial score (nSPS) is 10.3. The Labute approximate surface area is 158 Å². The number of anilines is 3. The minimum Gasteiger partial charge on any atom is -0.399 e. The highest BCUT2D eigenvalue weighted by atomic mass is 16.2. The fourth-order valence-corrected chi connectivity index (χ4v) is 2.65. The number of nitrogen functional groups attached to an aromatic ring is 1. The van der Waals surface area contributed by atoms with Crippen molar-refractivity contribution < 1.29 is 9.59 Å². The molecule has 0 aliphatic carbocycles. The number of hydrogen-bond acceptors (Lipinski definition) is 3. The first-order chi connectivity index (χ1) is 13.0. The van der Waals surface area contributed by atoms with Crippen molar-refractivity contribution in [2.75, 3.05) is 10.6 Å². The van der Waals surface area contributed by atoms with E-state index in [-0.39, 0.29) is 6.54 Å². The minimum atomic E-state index is -0.670. The lowest BCUT2D eigenvalue weighted by molar-refractivity contribution is -0.137. The molecule has 0 radical (unpaired) electrons. The second kappa shape index (κ2) is 8.19. The molecule has 0 fully saturated rings. The van der Waals surface area contributed by atoms with Crippen molar-refractivity contribution in [2.24, 2.45) is 0 Å². The summed E-state index contributed by atoms with van der Waals surface area (Å²) in [4.78, 5) is 26.8. The molecule has 3 aromatic rings. The number of nitrogens with zero attached hydrogens (tertiary/aromatic N) is 1. The van der Waals surface area contributed by atoms with Gasteiger partial charge in [-0.3, -0.25) is 14.5 Å². The number of nitrogens with one attached hydrogen (secondary N) is 1. The van der Waals surface area contributed by atoms with Gasteiger partial charge >= 0.3 is 11.8 Å². The molecule has 2 amide bonds. The Hall–Kier alpha value is -3.60. The van der Waals surface area contributed by atoms with E-state index in [1.165, 1.54) is 4.90 Å². The summed E-state index contributed by atoms with van der Waals surface area (Å²) in [5.41, 5.74) is 9.58. The van der Waals surface area contributed by atoms with E-state index in [2.05, 4.69) is 5.32 Å². The highest BCUT2D eigenvalue weighted by molar-refractivity contribution is 6.42. The van der Waals surface area contributed by atoms with Gasteiger partial charge in [0.2, 0.25) is 0 Å². The average Bonchev–Trinajstić information content (AvgIpc) is 2.69. The zero-order chi connectivity index (χ0) is 19.2. The molecule has 0 aliphatic rings. The Kier molecular flexibility index (Phi) is 5.52. The topological polar surface area (TPSA) is 75.4 Å². The molecule has 0 saturated heterocycles. The van der Waals surface area contributed by atoms with Crippen molar-refractivity contribution in [2.45, 2.75) is 13.5 Å². The first kappa shape index (κ1) is 18.2. The summed E-state index contributed by atoms with van der Waals surface area (Å²) in [7, 11) is 0. The maximum absolute atomic E-state index is 12.9. The van der Waals surface area contributed by atoms with Crippen LogP contribution in [0.2, 0.25) is 0 Å². The molecule has 0 atom stereocenters. The predicted molar refractivity (Wildman–Crippen MR) is 107 cm³/mol. The van der Waals surface area contributed by atoms with Gasteiger partial charge in [-0.2, -0.15) is 0 Å². The molecule has 0 unspecified atom stereocenters. The lowest BCUT2D eigenvalue weighted by Crippen LogP contribution is -2.40. The smallest absolute Gasteiger partial charge is 0.320 e. The lowest BCUT2D eigenvalue weighted by Gasteiger charge is -2.22. The van der Waals surface area contributed by atoms with Gasteiger partial charge in [-0.25, -0.2) is 0 Å². The van der Waals surface area contributed by atoms with Gasteiger partial charge in [0.25, 0.3) is 0 Å². The first-order valence-electron chi connectivity index (χ1n) is 8.63. The summed E-state index contributed by atoms with van der Waals surface area (Å²) in [6.45, 7) is 2.28. The summed E-state index contributed by atoms with van der Waals surface area (Å²) in [6.07, 6.45) is 0. The fraction of sp³-hybridized carbons (Fsp3) is 0.0909. The molecule has 136 valence electrons. The van der Waals surface area contributed by atoms with Crippen LogP contribution in [0.1, 0.15) is 11.1 Å². The van der Waals surface area contributed by atoms with Crippen LogP contribution in [0.3, 0.4) is 0 Å². The summed E-state index contributed by atoms with van der Waals surface area (Å²) < 4.78 is 0. The Morgan fingerprint density at radius 3 is 2.07 bits per heavy atom. The average molecular weight is 359 g/mol. The number of aryl methyl sites for hydroxylation is 1. The molecule has 0 bridgehead atoms. The van der Waals surface area contributed by atoms with Gasteiger partial charge < -0.3 is 11.1 Å². The van der Waals surface area contributed by atoms with Crippen molar-refractivity contribution in [3.05, 3.63) is 90.0 Å². The van der Waals surface area contributed by atoms with Crippen LogP contribution in [-0.2, 0) is 16.1 Å². The van der Waals surface area contributed by atoms with Gasteiger partial charge in [-0.05, 0) is 48.9 Å². The van der Waals surface area contributed by atoms with Gasteiger partial charge in [-0.1, -0.05) is 48.0 Å². The predicted octanol–water partition coefficient (Wildman–Crippen LogP) is 3.56. The van der Waals surface area contributed by atoms with Crippen molar-refractivity contribution in [1.82, 2.24) is 5.32 Å². The zero-order valence-corrected chi connectivity index (χ0v) is 15.1. The SMILES string of the molecule is Cc1ccc(CNC(=O)C(=O)N(c2ccccc2)c2ccc(N)cc2)cc1. The van der Waals surface area contributed by atoms with E-state index in [4.69, 9.17) is 5.73 Å². The molecule has 0 aromatic heterocycles. The second-order valence-corrected chi connectivity index (χ2v) is 6.24. The molecule has 5 nitrogen and oxygen atoms in total. The first-order valence-corrected chi connectivity index (χ1v) is 8.63. The third kappa shape index (κ3) is 4.52. The van der Waals surface area contributed by atoms with E-state index in [0.717, 1.165) is 11.1 Å². The number of carbonyl (C=O) groups excluding carboxylic acids is 2. The molecule has 27 heavy (non-hydrogen) atoms. The Bertz CT molecular complexity index is 920. The van der Waals surface area contributed by atoms with Crippen LogP contribution in [0.5, 0.6) is 0 Å². The van der Waals surface area contributed by atoms with Crippen LogP contribution >= 0.6 is 0 Å². The molecular weight excluding hydrogens is 338 g/mol. The number of hydrogen-bond donors (Lipinski definition) is 2. The van der Waals surface area contributed by atoms with E-state index >= 15 is 0 Å². The third-order valence-electron chi connectivity index (χ3n) is 4.14. The summed E-state index contributed by atoms with van der Waals surface area (Å²) in [6, 6.07) is 23.7. The van der Waals surface area contributed by atoms with Crippen LogP contribution in [0, 0.1) is 6.92 Å². The van der Waals surface area contributed by atoms with Crippen molar-refractivity contribution in [3.8, 4) is 0 Å². The van der Waals surface area contributed by atoms with E-state index in [0.29, 0.717) is 17.1 Å². The van der Waals surface area contributed by atoms with Crippen molar-refractivity contribution in [3.63, 3.8) is 0 Å². The fourth-order valence-electron chi connectivity index (χ4n) is 2.65. The van der Waals surface area contributed by atoms with Crippen LogP contribution in [-0.4, -0.2) is 11.8 Å². The van der Waals surface area contributed by atoms with E-state index in [9.17, 15) is 9.59 Å². The lowest BCUT2D eigenvalue weighted by atomic mass is 10.1. The van der Waals surface area contributed by atoms with Crippen LogP contribution in [0.15, 0.2) is 78.9 Å². The quantitative estimate of drug-likeness (QED) is 0.552. The van der Waals surface area contributed by atoms with Gasteiger partial charge in [0.1, 0.15) is 0 Å². The second-order valence-electron chi connectivity index (χ2n) is 6.24. The number of amides is 2. The molecule has 0 saturated carbocycles. The molecule has 3 N–H and O–H groups in total. The summed E-state index contributed by atoms with van der Waals surface area (Å²) >= 11 is 0. The number of nitrogens with two attached hydrogens (primary N) is 1. The standard InChI is InChI=1S/C22H21N3O2/c1-16-7-9-17(10-8-16)15-24-21(26)22(27)25(19-5-3-2-4-6-19)20-13-11-18(23)12-14-20/h2-14H,15,23H2,1H3,(H,24,26). The largest absolute Gasteiger partial charge is 0.399 e. The van der Waals surface area contributed by atoms with E-state index in [1.807, 2.05) is 49.4 Å². The number of para-hydroxylation sites is 1. The van der Waals surface area contributed by atoms with Gasteiger partial charge in [0.15, 0.2) is 0 Å². The van der Waals surface area contributed by atoms with Crippen LogP contribution in [0.25, 0.3) is 0 Å². The minimum absolute atomic E-state index is 0.287. The van der Waals surface area contributed by atoms with Crippen molar-refractivity contribution in [1.29, 1.82) is 0 Å². The van der Waals surface area contributed by atoms with Crippen molar-refractivity contribution >= 4 is 28.9 Å². The molecule has 5 heteroatoms. The summed E-state index contributed by atoms with van der Waals surface area (Å²) in [5, 5.41) is 2.69. The monoisotopic (exact) mass is 359 g/mol. The van der Waals surface area contributed by atoms with E-state index < -0.39 is 11.8 Å². The summed E-state index contributed by atoms with van der Waals surface area (Å²) in [5.74, 6) is -1.32. The molecule has 3 aromatic carbocycles. The zero-order valence-electron chi connectivity index (χ0n) is 15.1. The highest BCUT2D eigenvalue weighted by Gasteiger charge is 2.24. The maximum atomic E-state index is 12.9. The highest BCUT2D eigenvalue weighted by Crippen LogP contribution is 2.26. The number of rotatable bonds is 4. The Morgan fingerprint density at radius 1 is 0.852 bits per heavy atom. The van der Waals surface area contributed by atoms with Gasteiger partial charge in [-0.15, -0.1) is 0 Å². The van der Waals surface area contributed by atoms with Gasteiger partial charge in [0, 0.05) is 23.6 Å². The molecule has 3 rings (SSSR count). The molecule has 0 heterocycles. The maximum Gasteiger partial charge on any atom is 0.320 e. The number of carbonyl (C=O) groups is 2. The van der Waals surface area contributed by atoms with Crippen LogP contribution in [0.4, 0.5) is 17.1 Å². The molecule has 0 spiro atoms. The Morgan fingerprint density at radius 2 is 1.44 bits per heavy atom.